The van der Waals surface area contributed by atoms with Crippen LogP contribution in [0.4, 0.5) is 0 Å². The van der Waals surface area contributed by atoms with Gasteiger partial charge in [0.1, 0.15) is 0 Å². The third-order valence-electron chi connectivity index (χ3n) is 6.75. The van der Waals surface area contributed by atoms with Crippen LogP contribution in [0.1, 0.15) is 62.7 Å². The summed E-state index contributed by atoms with van der Waals surface area (Å²) in [5.74, 6) is 1.81. The molecule has 3 N–H and O–H groups in total. The molecular formula is C23H31N3O3S. The molecule has 162 valence electrons. The molecule has 0 aromatic heterocycles. The Balaban J connectivity index is 1.35. The number of hydrogen-bond donors (Lipinski definition) is 3. The van der Waals surface area contributed by atoms with Crippen molar-refractivity contribution in [2.75, 3.05) is 5.75 Å². The molecule has 3 amide bonds. The average Bonchev–Trinajstić information content (AvgIpc) is 2.69. The fraction of sp³-hybridized carbons (Fsp3) is 0.609. The first-order chi connectivity index (χ1) is 14.3. The van der Waals surface area contributed by atoms with Crippen molar-refractivity contribution in [2.24, 2.45) is 23.2 Å². The van der Waals surface area contributed by atoms with Crippen LogP contribution in [-0.2, 0) is 9.59 Å². The van der Waals surface area contributed by atoms with Gasteiger partial charge in [0.2, 0.25) is 11.8 Å². The lowest BCUT2D eigenvalue weighted by Gasteiger charge is -2.55. The molecule has 0 unspecified atom stereocenters. The first-order valence-electron chi connectivity index (χ1n) is 11.0. The van der Waals surface area contributed by atoms with Crippen molar-refractivity contribution in [3.63, 3.8) is 0 Å². The van der Waals surface area contributed by atoms with Crippen molar-refractivity contribution < 1.29 is 14.4 Å². The monoisotopic (exact) mass is 429 g/mol. The fourth-order valence-corrected chi connectivity index (χ4v) is 6.85. The molecule has 4 aliphatic rings. The van der Waals surface area contributed by atoms with Crippen LogP contribution in [0.5, 0.6) is 0 Å². The Hall–Kier alpha value is -2.02. The third-order valence-corrected chi connectivity index (χ3v) is 7.82. The van der Waals surface area contributed by atoms with Gasteiger partial charge in [-0.25, -0.2) is 0 Å². The topological polar surface area (TPSA) is 87.3 Å². The van der Waals surface area contributed by atoms with Crippen LogP contribution in [0.25, 0.3) is 0 Å². The summed E-state index contributed by atoms with van der Waals surface area (Å²) in [6.07, 6.45) is 6.68. The molecule has 0 heterocycles. The minimum Gasteiger partial charge on any atom is -0.353 e. The molecule has 1 aromatic carbocycles. The molecule has 4 fully saturated rings. The SMILES string of the molecule is CC(C)NC(=O)CSc1ccccc1C(=O)NNC(=O)C12CC3CC(CC(C3)C1)C2. The molecule has 0 atom stereocenters. The van der Waals surface area contributed by atoms with Crippen LogP contribution in [0.2, 0.25) is 0 Å². The van der Waals surface area contributed by atoms with Gasteiger partial charge in [-0.1, -0.05) is 12.1 Å². The van der Waals surface area contributed by atoms with Crippen LogP contribution in [0.3, 0.4) is 0 Å². The lowest BCUT2D eigenvalue weighted by molar-refractivity contribution is -0.147. The standard InChI is InChI=1S/C23H31N3O3S/c1-14(2)24-20(27)13-30-19-6-4-3-5-18(19)21(28)25-26-22(29)23-10-15-7-16(11-23)9-17(8-15)12-23/h3-6,14-17H,7-13H2,1-2H3,(H,24,27)(H,25,28)(H,26,29). The Morgan fingerprint density at radius 1 is 1.00 bits per heavy atom. The fourth-order valence-electron chi connectivity index (χ4n) is 5.99. The summed E-state index contributed by atoms with van der Waals surface area (Å²) >= 11 is 1.32. The van der Waals surface area contributed by atoms with E-state index in [1.165, 1.54) is 31.0 Å². The number of carbonyl (C=O) groups is 3. The summed E-state index contributed by atoms with van der Waals surface area (Å²) in [5, 5.41) is 2.85. The predicted molar refractivity (Wildman–Crippen MR) is 117 cm³/mol. The molecular weight excluding hydrogens is 398 g/mol. The van der Waals surface area contributed by atoms with E-state index in [-0.39, 0.29) is 34.9 Å². The van der Waals surface area contributed by atoms with E-state index in [0.717, 1.165) is 24.2 Å². The van der Waals surface area contributed by atoms with Gasteiger partial charge >= 0.3 is 0 Å². The predicted octanol–water partition coefficient (Wildman–Crippen LogP) is 3.28. The number of hydrazine groups is 1. The zero-order valence-corrected chi connectivity index (χ0v) is 18.5. The van der Waals surface area contributed by atoms with E-state index in [9.17, 15) is 14.4 Å². The summed E-state index contributed by atoms with van der Waals surface area (Å²) in [6, 6.07) is 7.25. The minimum absolute atomic E-state index is 0.0311. The highest BCUT2D eigenvalue weighted by atomic mass is 32.2. The summed E-state index contributed by atoms with van der Waals surface area (Å²) in [7, 11) is 0. The van der Waals surface area contributed by atoms with E-state index >= 15 is 0 Å². The van der Waals surface area contributed by atoms with Gasteiger partial charge in [-0.2, -0.15) is 0 Å². The highest BCUT2D eigenvalue weighted by Crippen LogP contribution is 2.60. The molecule has 0 aliphatic heterocycles. The Morgan fingerprint density at radius 2 is 1.60 bits per heavy atom. The lowest BCUT2D eigenvalue weighted by atomic mass is 9.49. The highest BCUT2D eigenvalue weighted by molar-refractivity contribution is 8.00. The number of rotatable bonds is 6. The van der Waals surface area contributed by atoms with Gasteiger partial charge in [0.05, 0.1) is 16.7 Å². The Bertz CT molecular complexity index is 803. The van der Waals surface area contributed by atoms with Crippen LogP contribution >= 0.6 is 11.8 Å². The van der Waals surface area contributed by atoms with E-state index in [2.05, 4.69) is 16.2 Å². The van der Waals surface area contributed by atoms with Crippen LogP contribution in [0, 0.1) is 23.2 Å². The molecule has 0 radical (unpaired) electrons. The Kier molecular flexibility index (Phi) is 6.09. The van der Waals surface area contributed by atoms with Crippen molar-refractivity contribution >= 4 is 29.5 Å². The van der Waals surface area contributed by atoms with E-state index in [0.29, 0.717) is 23.3 Å². The van der Waals surface area contributed by atoms with E-state index in [1.54, 1.807) is 12.1 Å². The zero-order valence-electron chi connectivity index (χ0n) is 17.7. The van der Waals surface area contributed by atoms with Crippen LogP contribution < -0.4 is 16.2 Å². The van der Waals surface area contributed by atoms with Gasteiger partial charge in [-0.15, -0.1) is 11.8 Å². The number of carbonyl (C=O) groups excluding carboxylic acids is 3. The first-order valence-corrected chi connectivity index (χ1v) is 11.9. The molecule has 4 saturated carbocycles. The second-order valence-electron chi connectivity index (χ2n) is 9.61. The van der Waals surface area contributed by atoms with E-state index in [1.807, 2.05) is 26.0 Å². The highest BCUT2D eigenvalue weighted by Gasteiger charge is 2.54. The maximum atomic E-state index is 13.1. The maximum Gasteiger partial charge on any atom is 0.270 e. The summed E-state index contributed by atoms with van der Waals surface area (Å²) in [6.45, 7) is 3.83. The van der Waals surface area contributed by atoms with Crippen molar-refractivity contribution in [1.29, 1.82) is 0 Å². The molecule has 1 aromatic rings. The summed E-state index contributed by atoms with van der Waals surface area (Å²) in [4.78, 5) is 38.5. The second-order valence-corrected chi connectivity index (χ2v) is 10.6. The maximum absolute atomic E-state index is 13.1. The molecule has 4 bridgehead atoms. The first kappa shape index (κ1) is 21.2. The molecule has 30 heavy (non-hydrogen) atoms. The zero-order chi connectivity index (χ0) is 21.3. The lowest BCUT2D eigenvalue weighted by Crippen LogP contribution is -2.56. The van der Waals surface area contributed by atoms with Gasteiger partial charge < -0.3 is 5.32 Å². The number of thioether (sulfide) groups is 1. The Labute approximate surface area is 182 Å². The molecule has 0 saturated heterocycles. The number of benzene rings is 1. The normalized spacial score (nSPS) is 29.0. The summed E-state index contributed by atoms with van der Waals surface area (Å²) < 4.78 is 0. The molecule has 0 spiro atoms. The van der Waals surface area contributed by atoms with Gasteiger partial charge in [-0.3, -0.25) is 25.2 Å². The Morgan fingerprint density at radius 3 is 2.20 bits per heavy atom. The van der Waals surface area contributed by atoms with Crippen LogP contribution in [-0.4, -0.2) is 29.5 Å². The average molecular weight is 430 g/mol. The molecule has 6 nitrogen and oxygen atoms in total. The van der Waals surface area contributed by atoms with Crippen LogP contribution in [0.15, 0.2) is 29.2 Å². The van der Waals surface area contributed by atoms with Crippen molar-refractivity contribution in [3.05, 3.63) is 29.8 Å². The van der Waals surface area contributed by atoms with Crippen molar-refractivity contribution in [3.8, 4) is 0 Å². The van der Waals surface area contributed by atoms with E-state index < -0.39 is 0 Å². The number of nitrogens with one attached hydrogen (secondary N) is 3. The van der Waals surface area contributed by atoms with Gasteiger partial charge in [0.15, 0.2) is 0 Å². The number of hydrogen-bond acceptors (Lipinski definition) is 4. The molecule has 5 rings (SSSR count). The smallest absolute Gasteiger partial charge is 0.270 e. The van der Waals surface area contributed by atoms with E-state index in [4.69, 9.17) is 0 Å². The third kappa shape index (κ3) is 4.51. The van der Waals surface area contributed by atoms with Crippen molar-refractivity contribution in [2.45, 2.75) is 63.3 Å². The van der Waals surface area contributed by atoms with Gasteiger partial charge in [0.25, 0.3) is 5.91 Å². The molecule has 4 aliphatic carbocycles. The molecule has 7 heteroatoms. The number of amides is 3. The van der Waals surface area contributed by atoms with Gasteiger partial charge in [-0.05, 0) is 82.3 Å². The second kappa shape index (κ2) is 8.61. The quantitative estimate of drug-likeness (QED) is 0.478. The minimum atomic E-state index is -0.347. The largest absolute Gasteiger partial charge is 0.353 e. The van der Waals surface area contributed by atoms with Gasteiger partial charge in [0, 0.05) is 10.9 Å². The summed E-state index contributed by atoms with van der Waals surface area (Å²) in [5.41, 5.74) is 5.52. The van der Waals surface area contributed by atoms with Crippen molar-refractivity contribution in [1.82, 2.24) is 16.2 Å².